The summed E-state index contributed by atoms with van der Waals surface area (Å²) in [4.78, 5) is 29.9. The van der Waals surface area contributed by atoms with E-state index in [2.05, 4.69) is 16.9 Å². The number of aliphatic carboxylic acids is 1. The number of aryl methyl sites for hydroxylation is 1. The summed E-state index contributed by atoms with van der Waals surface area (Å²) in [5, 5.41) is 8.78. The number of H-pyrrole nitrogens is 1. The van der Waals surface area contributed by atoms with Crippen LogP contribution < -0.4 is 5.56 Å². The molecular weight excluding hydrogens is 244 g/mol. The molecule has 1 aromatic rings. The van der Waals surface area contributed by atoms with E-state index < -0.39 is 5.97 Å². The van der Waals surface area contributed by atoms with Gasteiger partial charge < -0.3 is 10.1 Å². The average molecular weight is 264 g/mol. The van der Waals surface area contributed by atoms with Gasteiger partial charge in [0.05, 0.1) is 6.42 Å². The molecule has 1 aliphatic rings. The third kappa shape index (κ3) is 3.03. The summed E-state index contributed by atoms with van der Waals surface area (Å²) in [6.45, 7) is 3.90. The number of carbonyl (C=O) groups is 1. The molecule has 0 saturated heterocycles. The normalized spacial score (nSPS) is 22.6. The molecule has 5 nitrogen and oxygen atoms in total. The summed E-state index contributed by atoms with van der Waals surface area (Å²) >= 11 is 0. The number of carboxylic acid groups (broad SMARTS) is 1. The SMILES string of the molecule is CCC1CCC(c2nc(C)c(CC(=O)O)c(=O)[nH]2)C1. The lowest BCUT2D eigenvalue weighted by molar-refractivity contribution is -0.136. The molecule has 1 aromatic heterocycles. The number of nitrogens with zero attached hydrogens (tertiary/aromatic N) is 1. The highest BCUT2D eigenvalue weighted by Gasteiger charge is 2.27. The van der Waals surface area contributed by atoms with Crippen LogP contribution in [-0.2, 0) is 11.2 Å². The summed E-state index contributed by atoms with van der Waals surface area (Å²) in [6.07, 6.45) is 4.20. The molecule has 0 aromatic carbocycles. The maximum absolute atomic E-state index is 11.9. The topological polar surface area (TPSA) is 83.0 Å². The minimum absolute atomic E-state index is 0.265. The van der Waals surface area contributed by atoms with E-state index >= 15 is 0 Å². The van der Waals surface area contributed by atoms with Gasteiger partial charge >= 0.3 is 5.97 Å². The van der Waals surface area contributed by atoms with Crippen LogP contribution in [0.1, 0.15) is 55.6 Å². The fraction of sp³-hybridized carbons (Fsp3) is 0.643. The summed E-state index contributed by atoms with van der Waals surface area (Å²) in [5.74, 6) is 0.757. The Balaban J connectivity index is 2.25. The van der Waals surface area contributed by atoms with Crippen molar-refractivity contribution in [2.24, 2.45) is 5.92 Å². The molecule has 19 heavy (non-hydrogen) atoms. The van der Waals surface area contributed by atoms with E-state index in [1.165, 1.54) is 6.42 Å². The minimum atomic E-state index is -1.00. The lowest BCUT2D eigenvalue weighted by Crippen LogP contribution is -2.22. The van der Waals surface area contributed by atoms with E-state index in [-0.39, 0.29) is 17.5 Å². The van der Waals surface area contributed by atoms with Crippen LogP contribution in [0.4, 0.5) is 0 Å². The van der Waals surface area contributed by atoms with E-state index in [9.17, 15) is 9.59 Å². The first-order valence-corrected chi connectivity index (χ1v) is 6.82. The summed E-state index contributed by atoms with van der Waals surface area (Å²) in [7, 11) is 0. The second kappa shape index (κ2) is 5.55. The highest BCUT2D eigenvalue weighted by atomic mass is 16.4. The first-order valence-electron chi connectivity index (χ1n) is 6.82. The molecule has 1 fully saturated rings. The fourth-order valence-electron chi connectivity index (χ4n) is 2.88. The van der Waals surface area contributed by atoms with E-state index in [1.54, 1.807) is 6.92 Å². The van der Waals surface area contributed by atoms with Gasteiger partial charge in [0.25, 0.3) is 5.56 Å². The number of nitrogens with one attached hydrogen (secondary N) is 1. The van der Waals surface area contributed by atoms with Crippen molar-refractivity contribution in [3.63, 3.8) is 0 Å². The Morgan fingerprint density at radius 2 is 2.21 bits per heavy atom. The quantitative estimate of drug-likeness (QED) is 0.871. The lowest BCUT2D eigenvalue weighted by Gasteiger charge is -2.11. The van der Waals surface area contributed by atoms with Crippen LogP contribution in [0.5, 0.6) is 0 Å². The predicted molar refractivity (Wildman–Crippen MR) is 71.3 cm³/mol. The van der Waals surface area contributed by atoms with Gasteiger partial charge in [-0.25, -0.2) is 4.98 Å². The van der Waals surface area contributed by atoms with Gasteiger partial charge in [0, 0.05) is 17.2 Å². The van der Waals surface area contributed by atoms with Crippen LogP contribution in [0.15, 0.2) is 4.79 Å². The van der Waals surface area contributed by atoms with Crippen molar-refractivity contribution in [3.8, 4) is 0 Å². The Kier molecular flexibility index (Phi) is 4.02. The summed E-state index contributed by atoms with van der Waals surface area (Å²) in [5.41, 5.74) is 0.507. The zero-order valence-electron chi connectivity index (χ0n) is 11.4. The second-order valence-electron chi connectivity index (χ2n) is 5.37. The molecule has 0 amide bonds. The number of hydrogen-bond acceptors (Lipinski definition) is 3. The Bertz CT molecular complexity index is 536. The molecule has 0 bridgehead atoms. The smallest absolute Gasteiger partial charge is 0.308 e. The van der Waals surface area contributed by atoms with Crippen molar-refractivity contribution in [1.82, 2.24) is 9.97 Å². The lowest BCUT2D eigenvalue weighted by atomic mass is 10.0. The average Bonchev–Trinajstić information content (AvgIpc) is 2.82. The van der Waals surface area contributed by atoms with Crippen molar-refractivity contribution < 1.29 is 9.90 Å². The molecule has 0 aliphatic heterocycles. The molecule has 1 aliphatic carbocycles. The van der Waals surface area contributed by atoms with Crippen LogP contribution in [-0.4, -0.2) is 21.0 Å². The van der Waals surface area contributed by atoms with Crippen molar-refractivity contribution in [1.29, 1.82) is 0 Å². The maximum Gasteiger partial charge on any atom is 0.308 e. The molecule has 0 spiro atoms. The van der Waals surface area contributed by atoms with Gasteiger partial charge in [-0.2, -0.15) is 0 Å². The zero-order valence-corrected chi connectivity index (χ0v) is 11.4. The standard InChI is InChI=1S/C14H20N2O3/c1-3-9-4-5-10(6-9)13-15-8(2)11(7-12(17)18)14(19)16-13/h9-10H,3-7H2,1-2H3,(H,17,18)(H,15,16,19). The number of carboxylic acids is 1. The Morgan fingerprint density at radius 1 is 1.47 bits per heavy atom. The number of hydrogen-bond donors (Lipinski definition) is 2. The predicted octanol–water partition coefficient (Wildman–Crippen LogP) is 2.00. The van der Waals surface area contributed by atoms with Gasteiger partial charge in [0.15, 0.2) is 0 Å². The Morgan fingerprint density at radius 3 is 2.74 bits per heavy atom. The summed E-state index contributed by atoms with van der Waals surface area (Å²) < 4.78 is 0. The highest BCUT2D eigenvalue weighted by Crippen LogP contribution is 2.37. The van der Waals surface area contributed by atoms with Crippen molar-refractivity contribution in [3.05, 3.63) is 27.4 Å². The van der Waals surface area contributed by atoms with Gasteiger partial charge in [-0.1, -0.05) is 13.3 Å². The fourth-order valence-corrected chi connectivity index (χ4v) is 2.88. The molecule has 2 unspecified atom stereocenters. The van der Waals surface area contributed by atoms with E-state index in [1.807, 2.05) is 0 Å². The molecular formula is C14H20N2O3. The Hall–Kier alpha value is -1.65. The van der Waals surface area contributed by atoms with Crippen LogP contribution in [0.25, 0.3) is 0 Å². The molecule has 1 saturated carbocycles. The second-order valence-corrected chi connectivity index (χ2v) is 5.37. The van der Waals surface area contributed by atoms with Gasteiger partial charge in [-0.3, -0.25) is 9.59 Å². The Labute approximate surface area is 112 Å². The minimum Gasteiger partial charge on any atom is -0.481 e. The third-order valence-electron chi connectivity index (χ3n) is 4.07. The van der Waals surface area contributed by atoms with E-state index in [0.29, 0.717) is 17.5 Å². The third-order valence-corrected chi connectivity index (χ3v) is 4.07. The molecule has 2 rings (SSSR count). The van der Waals surface area contributed by atoms with Crippen molar-refractivity contribution in [2.45, 2.75) is 51.9 Å². The van der Waals surface area contributed by atoms with Crippen LogP contribution in [0, 0.1) is 12.8 Å². The van der Waals surface area contributed by atoms with E-state index in [0.717, 1.165) is 25.1 Å². The van der Waals surface area contributed by atoms with Gasteiger partial charge in [-0.15, -0.1) is 0 Å². The number of rotatable bonds is 4. The van der Waals surface area contributed by atoms with Crippen LogP contribution in [0.3, 0.4) is 0 Å². The maximum atomic E-state index is 11.9. The largest absolute Gasteiger partial charge is 0.481 e. The molecule has 104 valence electrons. The number of aromatic nitrogens is 2. The number of aromatic amines is 1. The van der Waals surface area contributed by atoms with Crippen LogP contribution in [0.2, 0.25) is 0 Å². The highest BCUT2D eigenvalue weighted by molar-refractivity contribution is 5.70. The van der Waals surface area contributed by atoms with Crippen LogP contribution >= 0.6 is 0 Å². The molecule has 0 radical (unpaired) electrons. The first kappa shape index (κ1) is 13.8. The molecule has 5 heteroatoms. The van der Waals surface area contributed by atoms with Gasteiger partial charge in [0.1, 0.15) is 5.82 Å². The zero-order chi connectivity index (χ0) is 14.0. The van der Waals surface area contributed by atoms with E-state index in [4.69, 9.17) is 5.11 Å². The van der Waals surface area contributed by atoms with Gasteiger partial charge in [-0.05, 0) is 32.1 Å². The monoisotopic (exact) mass is 264 g/mol. The molecule has 2 atom stereocenters. The van der Waals surface area contributed by atoms with Gasteiger partial charge in [0.2, 0.25) is 0 Å². The summed E-state index contributed by atoms with van der Waals surface area (Å²) in [6, 6.07) is 0. The molecule has 1 heterocycles. The molecule has 2 N–H and O–H groups in total. The van der Waals surface area contributed by atoms with Crippen molar-refractivity contribution in [2.75, 3.05) is 0 Å². The van der Waals surface area contributed by atoms with Crippen molar-refractivity contribution >= 4 is 5.97 Å². The first-order chi connectivity index (χ1) is 9.01.